The second-order valence-electron chi connectivity index (χ2n) is 7.89. The van der Waals surface area contributed by atoms with Crippen molar-refractivity contribution < 1.29 is 14.3 Å². The van der Waals surface area contributed by atoms with Gasteiger partial charge in [0, 0.05) is 31.4 Å². The minimum absolute atomic E-state index is 0.0255. The zero-order valence-corrected chi connectivity index (χ0v) is 17.4. The van der Waals surface area contributed by atoms with Gasteiger partial charge in [-0.2, -0.15) is 0 Å². The Labute approximate surface area is 168 Å². The van der Waals surface area contributed by atoms with Crippen molar-refractivity contribution in [2.75, 3.05) is 38.2 Å². The van der Waals surface area contributed by atoms with E-state index in [4.69, 9.17) is 4.74 Å². The molecule has 2 atom stereocenters. The molecule has 1 aliphatic rings. The summed E-state index contributed by atoms with van der Waals surface area (Å²) in [5.74, 6) is 0.227. The first-order valence-electron chi connectivity index (χ1n) is 10.1. The van der Waals surface area contributed by atoms with Crippen LogP contribution in [0, 0.1) is 11.8 Å². The largest absolute Gasteiger partial charge is 0.379 e. The summed E-state index contributed by atoms with van der Waals surface area (Å²) in [6.07, 6.45) is 0. The lowest BCUT2D eigenvalue weighted by Crippen LogP contribution is -2.55. The molecule has 1 aromatic rings. The van der Waals surface area contributed by atoms with Crippen molar-refractivity contribution in [2.24, 2.45) is 11.8 Å². The van der Waals surface area contributed by atoms with Crippen LogP contribution in [0.3, 0.4) is 0 Å². The highest BCUT2D eigenvalue weighted by Gasteiger charge is 2.28. The Morgan fingerprint density at radius 2 is 1.68 bits per heavy atom. The number of anilines is 1. The molecule has 2 rings (SSSR count). The maximum Gasteiger partial charge on any atom is 0.319 e. The second kappa shape index (κ2) is 11.0. The van der Waals surface area contributed by atoms with Crippen LogP contribution in [0.1, 0.15) is 27.7 Å². The number of carbonyl (C=O) groups is 2. The van der Waals surface area contributed by atoms with Crippen LogP contribution in [0.15, 0.2) is 30.3 Å². The Morgan fingerprint density at radius 1 is 1.04 bits per heavy atom. The van der Waals surface area contributed by atoms with Gasteiger partial charge >= 0.3 is 6.03 Å². The third kappa shape index (κ3) is 6.80. The van der Waals surface area contributed by atoms with Crippen LogP contribution >= 0.6 is 0 Å². The van der Waals surface area contributed by atoms with E-state index in [0.29, 0.717) is 18.2 Å². The number of rotatable bonds is 8. The van der Waals surface area contributed by atoms with Crippen LogP contribution in [-0.2, 0) is 9.53 Å². The molecule has 0 radical (unpaired) electrons. The van der Waals surface area contributed by atoms with Gasteiger partial charge in [-0.05, 0) is 24.0 Å². The number of nitrogens with one attached hydrogen (secondary N) is 3. The van der Waals surface area contributed by atoms with Crippen molar-refractivity contribution in [2.45, 2.75) is 39.8 Å². The third-order valence-electron chi connectivity index (χ3n) is 5.04. The van der Waals surface area contributed by atoms with Crippen LogP contribution < -0.4 is 16.0 Å². The highest BCUT2D eigenvalue weighted by molar-refractivity contribution is 5.93. The Morgan fingerprint density at radius 3 is 2.25 bits per heavy atom. The zero-order valence-electron chi connectivity index (χ0n) is 17.4. The number of benzene rings is 1. The molecule has 0 spiro atoms. The summed E-state index contributed by atoms with van der Waals surface area (Å²) in [6.45, 7) is 12.0. The van der Waals surface area contributed by atoms with Gasteiger partial charge in [0.25, 0.3) is 0 Å². The van der Waals surface area contributed by atoms with Crippen LogP contribution in [0.4, 0.5) is 10.5 Å². The lowest BCUT2D eigenvalue weighted by molar-refractivity contribution is -0.124. The molecule has 0 aliphatic carbocycles. The zero-order chi connectivity index (χ0) is 20.5. The normalized spacial score (nSPS) is 17.2. The van der Waals surface area contributed by atoms with Crippen LogP contribution in [0.25, 0.3) is 0 Å². The molecule has 2 unspecified atom stereocenters. The predicted octanol–water partition coefficient (Wildman–Crippen LogP) is 2.31. The highest BCUT2D eigenvalue weighted by Crippen LogP contribution is 2.13. The average molecular weight is 391 g/mol. The van der Waals surface area contributed by atoms with Gasteiger partial charge in [0.05, 0.1) is 13.2 Å². The minimum Gasteiger partial charge on any atom is -0.379 e. The summed E-state index contributed by atoms with van der Waals surface area (Å²) in [7, 11) is 0. The molecule has 7 nitrogen and oxygen atoms in total. The molecule has 1 aromatic carbocycles. The molecule has 28 heavy (non-hydrogen) atoms. The summed E-state index contributed by atoms with van der Waals surface area (Å²) < 4.78 is 5.43. The van der Waals surface area contributed by atoms with E-state index in [0.717, 1.165) is 26.3 Å². The number of urea groups is 1. The lowest BCUT2D eigenvalue weighted by Gasteiger charge is -2.37. The molecule has 0 bridgehead atoms. The fourth-order valence-electron chi connectivity index (χ4n) is 3.38. The van der Waals surface area contributed by atoms with E-state index in [2.05, 4.69) is 34.7 Å². The fraction of sp³-hybridized carbons (Fsp3) is 0.619. The summed E-state index contributed by atoms with van der Waals surface area (Å²) >= 11 is 0. The van der Waals surface area contributed by atoms with E-state index in [9.17, 15) is 9.59 Å². The van der Waals surface area contributed by atoms with Crippen LogP contribution in [-0.4, -0.2) is 61.8 Å². The van der Waals surface area contributed by atoms with Crippen molar-refractivity contribution >= 4 is 17.6 Å². The minimum atomic E-state index is -0.596. The van der Waals surface area contributed by atoms with E-state index in [1.54, 1.807) is 12.1 Å². The van der Waals surface area contributed by atoms with Gasteiger partial charge in [-0.15, -0.1) is 0 Å². The monoisotopic (exact) mass is 390 g/mol. The van der Waals surface area contributed by atoms with E-state index in [-0.39, 0.29) is 23.9 Å². The molecule has 7 heteroatoms. The van der Waals surface area contributed by atoms with Gasteiger partial charge in [0.2, 0.25) is 5.91 Å². The maximum atomic E-state index is 12.8. The molecule has 0 saturated carbocycles. The van der Waals surface area contributed by atoms with Crippen molar-refractivity contribution in [1.82, 2.24) is 15.5 Å². The average Bonchev–Trinajstić information content (AvgIpc) is 2.67. The topological polar surface area (TPSA) is 82.7 Å². The second-order valence-corrected chi connectivity index (χ2v) is 7.89. The summed E-state index contributed by atoms with van der Waals surface area (Å²) in [4.78, 5) is 27.5. The molecule has 0 aromatic heterocycles. The Balaban J connectivity index is 1.91. The van der Waals surface area contributed by atoms with Crippen LogP contribution in [0.2, 0.25) is 0 Å². The fourth-order valence-corrected chi connectivity index (χ4v) is 3.38. The Bertz CT molecular complexity index is 615. The molecule has 1 saturated heterocycles. The maximum absolute atomic E-state index is 12.8. The lowest BCUT2D eigenvalue weighted by atomic mass is 10.0. The van der Waals surface area contributed by atoms with Crippen molar-refractivity contribution in [3.05, 3.63) is 30.3 Å². The number of morpholine rings is 1. The number of ether oxygens (including phenoxy) is 1. The number of amides is 3. The van der Waals surface area contributed by atoms with Gasteiger partial charge in [-0.3, -0.25) is 9.69 Å². The number of hydrogen-bond donors (Lipinski definition) is 3. The number of nitrogens with zero attached hydrogens (tertiary/aromatic N) is 1. The Hall–Kier alpha value is -2.12. The van der Waals surface area contributed by atoms with Gasteiger partial charge in [0.15, 0.2) is 0 Å². The van der Waals surface area contributed by atoms with E-state index in [1.165, 1.54) is 0 Å². The molecule has 1 heterocycles. The molecule has 3 N–H and O–H groups in total. The summed E-state index contributed by atoms with van der Waals surface area (Å²) in [5.41, 5.74) is 0.690. The predicted molar refractivity (Wildman–Crippen MR) is 111 cm³/mol. The first-order valence-corrected chi connectivity index (χ1v) is 10.1. The van der Waals surface area contributed by atoms with E-state index < -0.39 is 6.04 Å². The van der Waals surface area contributed by atoms with Gasteiger partial charge in [-0.1, -0.05) is 45.9 Å². The van der Waals surface area contributed by atoms with Crippen molar-refractivity contribution in [3.63, 3.8) is 0 Å². The molecule has 3 amide bonds. The van der Waals surface area contributed by atoms with Gasteiger partial charge in [0.1, 0.15) is 6.04 Å². The first-order chi connectivity index (χ1) is 13.4. The van der Waals surface area contributed by atoms with Crippen molar-refractivity contribution in [1.29, 1.82) is 0 Å². The number of para-hydroxylation sites is 1. The molecule has 1 fully saturated rings. The molecule has 1 aliphatic heterocycles. The SMILES string of the molecule is CC(C)C(NC(=O)Nc1ccccc1)C(=O)NCC(C(C)C)N1CCOCC1. The van der Waals surface area contributed by atoms with Gasteiger partial charge in [-0.25, -0.2) is 4.79 Å². The van der Waals surface area contributed by atoms with E-state index >= 15 is 0 Å². The molecular weight excluding hydrogens is 356 g/mol. The Kier molecular flexibility index (Phi) is 8.73. The van der Waals surface area contributed by atoms with Crippen molar-refractivity contribution in [3.8, 4) is 0 Å². The standard InChI is InChI=1S/C21H34N4O3/c1-15(2)18(25-10-12-28-13-11-25)14-22-20(26)19(16(3)4)24-21(27)23-17-8-6-5-7-9-17/h5-9,15-16,18-19H,10-14H2,1-4H3,(H,22,26)(H2,23,24,27). The molecular formula is C21H34N4O3. The highest BCUT2D eigenvalue weighted by atomic mass is 16.5. The number of carbonyl (C=O) groups excluding carboxylic acids is 2. The van der Waals surface area contributed by atoms with Crippen LogP contribution in [0.5, 0.6) is 0 Å². The quantitative estimate of drug-likeness (QED) is 0.636. The third-order valence-corrected chi connectivity index (χ3v) is 5.04. The van der Waals surface area contributed by atoms with Gasteiger partial charge < -0.3 is 20.7 Å². The summed E-state index contributed by atoms with van der Waals surface area (Å²) in [6, 6.07) is 8.46. The van der Waals surface area contributed by atoms with E-state index in [1.807, 2.05) is 32.0 Å². The smallest absolute Gasteiger partial charge is 0.319 e. The first kappa shape index (κ1) is 22.2. The number of hydrogen-bond acceptors (Lipinski definition) is 4. The summed E-state index contributed by atoms with van der Waals surface area (Å²) in [5, 5.41) is 8.61. The molecule has 156 valence electrons.